The van der Waals surface area contributed by atoms with E-state index < -0.39 is 42.5 Å². The summed E-state index contributed by atoms with van der Waals surface area (Å²) in [4.78, 5) is 2.97. The molecule has 0 bridgehead atoms. The van der Waals surface area contributed by atoms with Crippen LogP contribution < -0.4 is 15.6 Å². The van der Waals surface area contributed by atoms with Gasteiger partial charge in [-0.3, -0.25) is 0 Å². The third-order valence-corrected chi connectivity index (χ3v) is 8.22. The van der Waals surface area contributed by atoms with Gasteiger partial charge in [0.15, 0.2) is 5.13 Å². The molecule has 0 radical (unpaired) electrons. The Bertz CT molecular complexity index is 1550. The monoisotopic (exact) mass is 510 g/mol. The number of anilines is 1. The Labute approximate surface area is 192 Å². The van der Waals surface area contributed by atoms with Crippen molar-refractivity contribution >= 4 is 46.7 Å². The molecule has 174 valence electrons. The van der Waals surface area contributed by atoms with Crippen molar-refractivity contribution in [2.24, 2.45) is 5.14 Å². The zero-order valence-corrected chi connectivity index (χ0v) is 19.4. The Morgan fingerprint density at radius 3 is 2.58 bits per heavy atom. The number of H-pyrrole nitrogens is 1. The molecule has 0 saturated carbocycles. The molecule has 0 unspecified atom stereocenters. The molecule has 0 aliphatic heterocycles. The van der Waals surface area contributed by atoms with Crippen LogP contribution in [-0.2, 0) is 20.0 Å². The molecule has 16 heteroatoms. The molecular formula is C17H18N8O5S3. The maximum Gasteiger partial charge on any atom is 0.242 e. The number of nitrogens with two attached hydrogens (primary N) is 2. The lowest BCUT2D eigenvalue weighted by molar-refractivity contribution is 0.265. The van der Waals surface area contributed by atoms with Crippen molar-refractivity contribution in [1.82, 2.24) is 30.3 Å². The van der Waals surface area contributed by atoms with Crippen LogP contribution in [0.4, 0.5) is 5.13 Å². The van der Waals surface area contributed by atoms with Gasteiger partial charge in [-0.1, -0.05) is 29.5 Å². The Kier molecular flexibility index (Phi) is 5.89. The van der Waals surface area contributed by atoms with Gasteiger partial charge in [0.2, 0.25) is 25.9 Å². The molecule has 0 aliphatic carbocycles. The first kappa shape index (κ1) is 23.1. The fourth-order valence-electron chi connectivity index (χ4n) is 3.32. The molecule has 0 aliphatic rings. The molecule has 4 rings (SSSR count). The highest BCUT2D eigenvalue weighted by molar-refractivity contribution is 7.92. The first-order valence-corrected chi connectivity index (χ1v) is 13.1. The van der Waals surface area contributed by atoms with Gasteiger partial charge < -0.3 is 10.8 Å². The third kappa shape index (κ3) is 4.31. The van der Waals surface area contributed by atoms with E-state index in [0.29, 0.717) is 16.2 Å². The Morgan fingerprint density at radius 1 is 1.18 bits per heavy atom. The zero-order valence-electron chi connectivity index (χ0n) is 16.9. The molecule has 7 N–H and O–H groups in total. The Balaban J connectivity index is 2.13. The topological polar surface area (TPSA) is 220 Å². The van der Waals surface area contributed by atoms with Crippen LogP contribution in [0.25, 0.3) is 32.7 Å². The molecule has 0 fully saturated rings. The number of aromatic nitrogens is 5. The maximum absolute atomic E-state index is 13.0. The quantitative estimate of drug-likeness (QED) is 0.224. The van der Waals surface area contributed by atoms with Gasteiger partial charge in [0.05, 0.1) is 22.4 Å². The van der Waals surface area contributed by atoms with E-state index in [2.05, 4.69) is 30.3 Å². The lowest BCUT2D eigenvalue weighted by Gasteiger charge is -2.18. The molecule has 0 amide bonds. The van der Waals surface area contributed by atoms with Gasteiger partial charge in [0.25, 0.3) is 0 Å². The zero-order chi connectivity index (χ0) is 24.0. The normalized spacial score (nSPS) is 13.4. The van der Waals surface area contributed by atoms with E-state index in [1.54, 1.807) is 18.2 Å². The number of aromatic amines is 1. The lowest BCUT2D eigenvalue weighted by atomic mass is 9.98. The van der Waals surface area contributed by atoms with Crippen LogP contribution in [-0.4, -0.2) is 60.2 Å². The standard InChI is InChI=1S/C17H18N8O5S3/c1-8(7-26)23-33(29,30)12-6-5-9(10-3-2-4-11-14(10)20-17(18)31-11)13(15(12)32(19,27)28)16-21-24-25-22-16/h2-6,8,23,26H,7H2,1H3,(H2,18,20)(H2,19,27,28)(H,21,22,24,25)/t8-/m0/s1. The molecule has 13 nitrogen and oxygen atoms in total. The maximum atomic E-state index is 13.0. The summed E-state index contributed by atoms with van der Waals surface area (Å²) in [5.41, 5.74) is 6.88. The minimum atomic E-state index is -4.64. The van der Waals surface area contributed by atoms with Crippen molar-refractivity contribution < 1.29 is 21.9 Å². The number of aliphatic hydroxyl groups excluding tert-OH is 1. The van der Waals surface area contributed by atoms with Gasteiger partial charge in [-0.05, 0) is 29.8 Å². The number of aliphatic hydroxyl groups is 1. The molecule has 0 spiro atoms. The van der Waals surface area contributed by atoms with Gasteiger partial charge in [-0.2, -0.15) is 5.21 Å². The van der Waals surface area contributed by atoms with Gasteiger partial charge in [-0.25, -0.2) is 31.7 Å². The summed E-state index contributed by atoms with van der Waals surface area (Å²) < 4.78 is 54.5. The number of sulfonamides is 2. The minimum absolute atomic E-state index is 0.176. The summed E-state index contributed by atoms with van der Waals surface area (Å²) in [6.45, 7) is 0.906. The average Bonchev–Trinajstić information content (AvgIpc) is 3.40. The van der Waals surface area contributed by atoms with E-state index >= 15 is 0 Å². The van der Waals surface area contributed by atoms with Gasteiger partial charge in [-0.15, -0.1) is 10.2 Å². The number of primary sulfonamides is 1. The fraction of sp³-hybridized carbons (Fsp3) is 0.176. The lowest BCUT2D eigenvalue weighted by Crippen LogP contribution is -2.36. The highest BCUT2D eigenvalue weighted by Crippen LogP contribution is 2.41. The number of thiazole rings is 1. The van der Waals surface area contributed by atoms with Crippen LogP contribution >= 0.6 is 11.3 Å². The van der Waals surface area contributed by atoms with E-state index in [-0.39, 0.29) is 17.0 Å². The SMILES string of the molecule is C[C@@H](CO)NS(=O)(=O)c1ccc(-c2cccc3sc(N)nc23)c(-c2nn[nH]n2)c1S(N)(=O)=O. The van der Waals surface area contributed by atoms with Gasteiger partial charge >= 0.3 is 0 Å². The summed E-state index contributed by atoms with van der Waals surface area (Å²) >= 11 is 1.24. The molecule has 4 aromatic rings. The predicted molar refractivity (Wildman–Crippen MR) is 121 cm³/mol. The van der Waals surface area contributed by atoms with Crippen LogP contribution in [0.3, 0.4) is 0 Å². The predicted octanol–water partition coefficient (Wildman–Crippen LogP) is 0.0321. The van der Waals surface area contributed by atoms with E-state index in [4.69, 9.17) is 10.9 Å². The van der Waals surface area contributed by atoms with Crippen LogP contribution in [0, 0.1) is 0 Å². The number of benzene rings is 2. The number of nitrogens with one attached hydrogen (secondary N) is 2. The number of para-hydroxylation sites is 1. The highest BCUT2D eigenvalue weighted by Gasteiger charge is 2.33. The minimum Gasteiger partial charge on any atom is -0.395 e. The smallest absolute Gasteiger partial charge is 0.242 e. The highest BCUT2D eigenvalue weighted by atomic mass is 32.2. The van der Waals surface area contributed by atoms with Crippen LogP contribution in [0.15, 0.2) is 40.1 Å². The van der Waals surface area contributed by atoms with Crippen molar-refractivity contribution in [2.75, 3.05) is 12.3 Å². The van der Waals surface area contributed by atoms with Gasteiger partial charge in [0.1, 0.15) is 9.79 Å². The average molecular weight is 511 g/mol. The molecule has 2 aromatic heterocycles. The van der Waals surface area contributed by atoms with Crippen molar-refractivity contribution in [3.05, 3.63) is 30.3 Å². The number of hydrogen-bond donors (Lipinski definition) is 5. The Hall–Kier alpha value is -3.02. The largest absolute Gasteiger partial charge is 0.395 e. The molecular weight excluding hydrogens is 492 g/mol. The van der Waals surface area contributed by atoms with Gasteiger partial charge in [0, 0.05) is 11.6 Å². The molecule has 33 heavy (non-hydrogen) atoms. The van der Waals surface area contributed by atoms with E-state index in [9.17, 15) is 21.9 Å². The van der Waals surface area contributed by atoms with Crippen molar-refractivity contribution in [2.45, 2.75) is 22.8 Å². The summed E-state index contributed by atoms with van der Waals surface area (Å²) in [6, 6.07) is 6.82. The molecule has 1 atom stereocenters. The number of nitrogens with zero attached hydrogens (tertiary/aromatic N) is 4. The second-order valence-electron chi connectivity index (χ2n) is 7.01. The van der Waals surface area contributed by atoms with E-state index in [1.165, 1.54) is 24.3 Å². The first-order valence-electron chi connectivity index (χ1n) is 9.25. The number of tetrazole rings is 1. The summed E-state index contributed by atoms with van der Waals surface area (Å²) in [7, 11) is -9.07. The number of hydrogen-bond acceptors (Lipinski definition) is 11. The number of rotatable bonds is 7. The summed E-state index contributed by atoms with van der Waals surface area (Å²) in [5.74, 6) is -0.193. The second-order valence-corrected chi connectivity index (χ2v) is 11.2. The van der Waals surface area contributed by atoms with Crippen LogP contribution in [0.5, 0.6) is 0 Å². The van der Waals surface area contributed by atoms with E-state index in [0.717, 1.165) is 10.8 Å². The summed E-state index contributed by atoms with van der Waals surface area (Å²) in [6.07, 6.45) is 0. The van der Waals surface area contributed by atoms with Crippen LogP contribution in [0.2, 0.25) is 0 Å². The number of fused-ring (bicyclic) bond motifs is 1. The fourth-order valence-corrected chi connectivity index (χ4v) is 6.92. The number of nitrogen functional groups attached to an aromatic ring is 1. The van der Waals surface area contributed by atoms with Crippen LogP contribution in [0.1, 0.15) is 6.92 Å². The summed E-state index contributed by atoms with van der Waals surface area (Å²) in [5, 5.41) is 28.5. The van der Waals surface area contributed by atoms with Crippen molar-refractivity contribution in [3.63, 3.8) is 0 Å². The van der Waals surface area contributed by atoms with E-state index in [1.807, 2.05) is 0 Å². The molecule has 2 aromatic carbocycles. The van der Waals surface area contributed by atoms with Crippen molar-refractivity contribution in [1.29, 1.82) is 0 Å². The third-order valence-electron chi connectivity index (χ3n) is 4.62. The first-order chi connectivity index (χ1) is 15.5. The second kappa shape index (κ2) is 8.40. The van der Waals surface area contributed by atoms with Crippen molar-refractivity contribution in [3.8, 4) is 22.5 Å². The molecule has 2 heterocycles. The Morgan fingerprint density at radius 2 is 1.94 bits per heavy atom. The molecule has 0 saturated heterocycles.